The number of rotatable bonds is 5. The molecular weight excluding hydrogens is 246 g/mol. The Kier molecular flexibility index (Phi) is 7.33. The largest absolute Gasteiger partial charge is 0.395 e. The van der Waals surface area contributed by atoms with E-state index in [0.29, 0.717) is 0 Å². The average molecular weight is 269 g/mol. The van der Waals surface area contributed by atoms with Gasteiger partial charge < -0.3 is 10.4 Å². The fourth-order valence-electron chi connectivity index (χ4n) is 1.80. The number of aliphatic hydroxyl groups is 1. The lowest BCUT2D eigenvalue weighted by atomic mass is 10.0. The first-order valence-electron chi connectivity index (χ1n) is 6.78. The molecule has 0 saturated heterocycles. The van der Waals surface area contributed by atoms with E-state index in [4.69, 9.17) is 5.11 Å². The van der Waals surface area contributed by atoms with Crippen molar-refractivity contribution >= 4 is 0 Å². The summed E-state index contributed by atoms with van der Waals surface area (Å²) in [7, 11) is 0. The lowest BCUT2D eigenvalue weighted by Gasteiger charge is -2.11. The third kappa shape index (κ3) is 5.00. The van der Waals surface area contributed by atoms with Crippen LogP contribution in [0.2, 0.25) is 0 Å². The van der Waals surface area contributed by atoms with Gasteiger partial charge in [0.1, 0.15) is 0 Å². The normalized spacial score (nSPS) is 11.3. The van der Waals surface area contributed by atoms with Crippen molar-refractivity contribution in [3.8, 4) is 11.1 Å². The first-order valence-corrected chi connectivity index (χ1v) is 6.78. The number of hydrogen-bond donors (Lipinski definition) is 2. The predicted molar refractivity (Wildman–Crippen MR) is 86.5 cm³/mol. The molecule has 2 N–H and O–H groups in total. The smallest absolute Gasteiger partial charge is 0.0582 e. The van der Waals surface area contributed by atoms with Gasteiger partial charge in [0.05, 0.1) is 6.61 Å². The molecule has 1 atom stereocenters. The van der Waals surface area contributed by atoms with Crippen LogP contribution in [0.4, 0.5) is 0 Å². The van der Waals surface area contributed by atoms with E-state index in [9.17, 15) is 0 Å². The molecule has 0 amide bonds. The van der Waals surface area contributed by atoms with Crippen molar-refractivity contribution in [2.75, 3.05) is 6.61 Å². The summed E-state index contributed by atoms with van der Waals surface area (Å²) in [5.74, 6) is 0. The van der Waals surface area contributed by atoms with E-state index >= 15 is 0 Å². The van der Waals surface area contributed by atoms with E-state index in [1.54, 1.807) is 0 Å². The molecule has 0 aliphatic carbocycles. The summed E-state index contributed by atoms with van der Waals surface area (Å²) < 4.78 is 0. The highest BCUT2D eigenvalue weighted by atomic mass is 16.3. The monoisotopic (exact) mass is 269 g/mol. The molecule has 0 heterocycles. The maximum Gasteiger partial charge on any atom is 0.0582 e. The SMILES string of the molecule is C=C.CC(CO)NCc1ccc(-c2ccccc2)cc1. The van der Waals surface area contributed by atoms with Crippen LogP contribution in [0.1, 0.15) is 12.5 Å². The van der Waals surface area contributed by atoms with Crippen molar-refractivity contribution in [3.05, 3.63) is 73.3 Å². The summed E-state index contributed by atoms with van der Waals surface area (Å²) >= 11 is 0. The maximum absolute atomic E-state index is 8.94. The molecule has 0 fully saturated rings. The molecule has 0 aliphatic rings. The van der Waals surface area contributed by atoms with Gasteiger partial charge in [-0.1, -0.05) is 54.6 Å². The van der Waals surface area contributed by atoms with Gasteiger partial charge in [0, 0.05) is 12.6 Å². The molecule has 2 nitrogen and oxygen atoms in total. The number of hydrogen-bond acceptors (Lipinski definition) is 2. The molecule has 0 aliphatic heterocycles. The van der Waals surface area contributed by atoms with Gasteiger partial charge in [-0.05, 0) is 23.6 Å². The first-order chi connectivity index (χ1) is 9.79. The Morgan fingerprint density at radius 1 is 0.950 bits per heavy atom. The van der Waals surface area contributed by atoms with Gasteiger partial charge in [-0.2, -0.15) is 0 Å². The van der Waals surface area contributed by atoms with Crippen molar-refractivity contribution in [3.63, 3.8) is 0 Å². The lowest BCUT2D eigenvalue weighted by molar-refractivity contribution is 0.251. The second kappa shape index (κ2) is 9.08. The Morgan fingerprint density at radius 2 is 1.50 bits per heavy atom. The molecule has 2 aromatic rings. The minimum absolute atomic E-state index is 0.138. The third-order valence-electron chi connectivity index (χ3n) is 2.99. The third-order valence-corrected chi connectivity index (χ3v) is 2.99. The van der Waals surface area contributed by atoms with Crippen molar-refractivity contribution < 1.29 is 5.11 Å². The minimum atomic E-state index is 0.138. The van der Waals surface area contributed by atoms with E-state index in [1.807, 2.05) is 25.1 Å². The topological polar surface area (TPSA) is 32.3 Å². The zero-order valence-electron chi connectivity index (χ0n) is 12.0. The summed E-state index contributed by atoms with van der Waals surface area (Å²) in [6, 6.07) is 19.0. The molecule has 20 heavy (non-hydrogen) atoms. The van der Waals surface area contributed by atoms with Crippen LogP contribution in [0.5, 0.6) is 0 Å². The summed E-state index contributed by atoms with van der Waals surface area (Å²) in [6.45, 7) is 8.93. The Morgan fingerprint density at radius 3 is 2.05 bits per heavy atom. The van der Waals surface area contributed by atoms with Gasteiger partial charge in [0.15, 0.2) is 0 Å². The van der Waals surface area contributed by atoms with Gasteiger partial charge in [0.25, 0.3) is 0 Å². The van der Waals surface area contributed by atoms with Crippen LogP contribution in [-0.2, 0) is 6.54 Å². The van der Waals surface area contributed by atoms with Gasteiger partial charge in [-0.25, -0.2) is 0 Å². The van der Waals surface area contributed by atoms with Gasteiger partial charge in [-0.15, -0.1) is 13.2 Å². The molecular formula is C18H23NO. The van der Waals surface area contributed by atoms with Crippen LogP contribution in [0, 0.1) is 0 Å². The van der Waals surface area contributed by atoms with Crippen LogP contribution in [-0.4, -0.2) is 17.8 Å². The summed E-state index contributed by atoms with van der Waals surface area (Å²) in [4.78, 5) is 0. The minimum Gasteiger partial charge on any atom is -0.395 e. The lowest BCUT2D eigenvalue weighted by Crippen LogP contribution is -2.28. The second-order valence-electron chi connectivity index (χ2n) is 4.53. The molecule has 0 spiro atoms. The average Bonchev–Trinajstić information content (AvgIpc) is 2.56. The molecule has 106 valence electrons. The molecule has 2 aromatic carbocycles. The highest BCUT2D eigenvalue weighted by molar-refractivity contribution is 5.63. The van der Waals surface area contributed by atoms with Crippen molar-refractivity contribution in [2.45, 2.75) is 19.5 Å². The molecule has 0 aromatic heterocycles. The van der Waals surface area contributed by atoms with Crippen molar-refractivity contribution in [1.82, 2.24) is 5.32 Å². The molecule has 0 bridgehead atoms. The highest BCUT2D eigenvalue weighted by Gasteiger charge is 2.00. The van der Waals surface area contributed by atoms with E-state index < -0.39 is 0 Å². The van der Waals surface area contributed by atoms with Crippen LogP contribution in [0.25, 0.3) is 11.1 Å². The highest BCUT2D eigenvalue weighted by Crippen LogP contribution is 2.19. The summed E-state index contributed by atoms with van der Waals surface area (Å²) in [5.41, 5.74) is 3.70. The zero-order chi connectivity index (χ0) is 14.8. The van der Waals surface area contributed by atoms with Gasteiger partial charge >= 0.3 is 0 Å². The summed E-state index contributed by atoms with van der Waals surface area (Å²) in [6.07, 6.45) is 0. The van der Waals surface area contributed by atoms with E-state index in [0.717, 1.165) is 6.54 Å². The quantitative estimate of drug-likeness (QED) is 0.812. The summed E-state index contributed by atoms with van der Waals surface area (Å²) in [5, 5.41) is 12.2. The molecule has 0 saturated carbocycles. The zero-order valence-corrected chi connectivity index (χ0v) is 12.0. The molecule has 1 unspecified atom stereocenters. The molecule has 0 radical (unpaired) electrons. The fraction of sp³-hybridized carbons (Fsp3) is 0.222. The van der Waals surface area contributed by atoms with Crippen LogP contribution >= 0.6 is 0 Å². The van der Waals surface area contributed by atoms with Gasteiger partial charge in [-0.3, -0.25) is 0 Å². The predicted octanol–water partition coefficient (Wildman–Crippen LogP) is 3.63. The second-order valence-corrected chi connectivity index (χ2v) is 4.53. The molecule has 2 rings (SSSR count). The van der Waals surface area contributed by atoms with Crippen LogP contribution < -0.4 is 5.32 Å². The first kappa shape index (κ1) is 16.2. The van der Waals surface area contributed by atoms with Crippen LogP contribution in [0.3, 0.4) is 0 Å². The van der Waals surface area contributed by atoms with E-state index in [-0.39, 0.29) is 12.6 Å². The standard InChI is InChI=1S/C16H19NO.C2H4/c1-13(12-18)17-11-14-7-9-16(10-8-14)15-5-3-2-4-6-15;1-2/h2-10,13,17-18H,11-12H2,1H3;1-2H2. The van der Waals surface area contributed by atoms with Crippen molar-refractivity contribution in [1.29, 1.82) is 0 Å². The van der Waals surface area contributed by atoms with Crippen molar-refractivity contribution in [2.24, 2.45) is 0 Å². The maximum atomic E-state index is 8.94. The Hall–Kier alpha value is -1.90. The van der Waals surface area contributed by atoms with Gasteiger partial charge in [0.2, 0.25) is 0 Å². The Balaban J connectivity index is 0.000000956. The number of aliphatic hydroxyl groups excluding tert-OH is 1. The Bertz CT molecular complexity index is 479. The Labute approximate surface area is 121 Å². The fourth-order valence-corrected chi connectivity index (χ4v) is 1.80. The number of nitrogens with one attached hydrogen (secondary N) is 1. The molecule has 2 heteroatoms. The van der Waals surface area contributed by atoms with E-state index in [1.165, 1.54) is 16.7 Å². The number of benzene rings is 2. The van der Waals surface area contributed by atoms with E-state index in [2.05, 4.69) is 54.9 Å². The van der Waals surface area contributed by atoms with Crippen LogP contribution in [0.15, 0.2) is 67.8 Å².